The number of likely N-dealkylation sites (tertiary alicyclic amines) is 1. The number of piperidine rings is 1. The third kappa shape index (κ3) is 4.19. The van der Waals surface area contributed by atoms with Crippen molar-refractivity contribution in [3.63, 3.8) is 0 Å². The van der Waals surface area contributed by atoms with Crippen LogP contribution in [0, 0.1) is 5.92 Å². The molecule has 1 aliphatic heterocycles. The lowest BCUT2D eigenvalue weighted by Gasteiger charge is -2.30. The van der Waals surface area contributed by atoms with Crippen molar-refractivity contribution in [1.29, 1.82) is 0 Å². The van der Waals surface area contributed by atoms with E-state index in [2.05, 4.69) is 10.2 Å². The summed E-state index contributed by atoms with van der Waals surface area (Å²) in [4.78, 5) is 25.9. The van der Waals surface area contributed by atoms with Gasteiger partial charge in [-0.25, -0.2) is 0 Å². The molecule has 1 aromatic rings. The second-order valence-electron chi connectivity index (χ2n) is 5.21. The molecule has 1 saturated heterocycles. The monoisotopic (exact) mass is 328 g/mol. The van der Waals surface area contributed by atoms with Crippen molar-refractivity contribution < 1.29 is 9.59 Å². The maximum absolute atomic E-state index is 12.3. The van der Waals surface area contributed by atoms with Gasteiger partial charge in [0, 0.05) is 23.6 Å². The van der Waals surface area contributed by atoms with Gasteiger partial charge in [0.25, 0.3) is 0 Å². The van der Waals surface area contributed by atoms with E-state index in [1.807, 2.05) is 0 Å². The highest BCUT2D eigenvalue weighted by atomic mass is 35.5. The lowest BCUT2D eigenvalue weighted by atomic mass is 9.95. The molecule has 1 N–H and O–H groups in total. The number of halogens is 2. The fourth-order valence-electron chi connectivity index (χ4n) is 2.56. The normalized spacial score (nSPS) is 16.7. The number of amides is 1. The van der Waals surface area contributed by atoms with Crippen LogP contribution >= 0.6 is 23.2 Å². The van der Waals surface area contributed by atoms with Crippen molar-refractivity contribution in [3.8, 4) is 0 Å². The van der Waals surface area contributed by atoms with E-state index in [4.69, 9.17) is 23.2 Å². The number of hydrogen-bond acceptors (Lipinski definition) is 3. The van der Waals surface area contributed by atoms with Gasteiger partial charge in [-0.15, -0.1) is 0 Å². The summed E-state index contributed by atoms with van der Waals surface area (Å²) in [5.74, 6) is 0.0934. The molecule has 0 radical (unpaired) electrons. The van der Waals surface area contributed by atoms with Gasteiger partial charge in [-0.1, -0.05) is 23.2 Å². The molecular weight excluding hydrogens is 311 g/mol. The zero-order valence-corrected chi connectivity index (χ0v) is 13.4. The number of carbonyl (C=O) groups is 2. The average Bonchev–Trinajstić information content (AvgIpc) is 2.49. The molecule has 0 aliphatic carbocycles. The fourth-order valence-corrected chi connectivity index (χ4v) is 2.95. The second kappa shape index (κ2) is 7.25. The van der Waals surface area contributed by atoms with Crippen molar-refractivity contribution >= 4 is 34.9 Å². The minimum Gasteiger partial charge on any atom is -0.359 e. The Morgan fingerprint density at radius 2 is 1.95 bits per heavy atom. The Morgan fingerprint density at radius 1 is 1.29 bits per heavy atom. The van der Waals surface area contributed by atoms with Gasteiger partial charge in [0.15, 0.2) is 5.78 Å². The van der Waals surface area contributed by atoms with Gasteiger partial charge in [0.2, 0.25) is 5.91 Å². The van der Waals surface area contributed by atoms with Crippen LogP contribution in [0.1, 0.15) is 23.2 Å². The van der Waals surface area contributed by atoms with Crippen molar-refractivity contribution in [3.05, 3.63) is 33.8 Å². The molecule has 0 aromatic heterocycles. The number of nitrogens with zero attached hydrogens (tertiary/aromatic N) is 1. The van der Waals surface area contributed by atoms with E-state index in [1.165, 1.54) is 0 Å². The van der Waals surface area contributed by atoms with Gasteiger partial charge >= 0.3 is 0 Å². The molecule has 0 unspecified atom stereocenters. The topological polar surface area (TPSA) is 49.4 Å². The van der Waals surface area contributed by atoms with Gasteiger partial charge in [-0.05, 0) is 44.1 Å². The molecule has 1 aromatic carbocycles. The summed E-state index contributed by atoms with van der Waals surface area (Å²) in [7, 11) is 1.65. The third-order valence-electron chi connectivity index (χ3n) is 3.80. The molecular formula is C15H18Cl2N2O2. The minimum atomic E-state index is -0.0408. The Balaban J connectivity index is 1.93. The van der Waals surface area contributed by atoms with Gasteiger partial charge in [0.05, 0.1) is 11.6 Å². The average molecular weight is 329 g/mol. The maximum atomic E-state index is 12.3. The molecule has 1 fully saturated rings. The van der Waals surface area contributed by atoms with E-state index in [1.54, 1.807) is 25.2 Å². The lowest BCUT2D eigenvalue weighted by Crippen LogP contribution is -2.41. The molecule has 6 heteroatoms. The van der Waals surface area contributed by atoms with Crippen LogP contribution in [-0.4, -0.2) is 43.3 Å². The van der Waals surface area contributed by atoms with Crippen LogP contribution in [0.15, 0.2) is 18.2 Å². The quantitative estimate of drug-likeness (QED) is 0.864. The van der Waals surface area contributed by atoms with E-state index >= 15 is 0 Å². The van der Waals surface area contributed by atoms with E-state index < -0.39 is 0 Å². The highest BCUT2D eigenvalue weighted by molar-refractivity contribution is 6.36. The molecule has 1 aliphatic rings. The van der Waals surface area contributed by atoms with Crippen molar-refractivity contribution in [2.45, 2.75) is 12.8 Å². The van der Waals surface area contributed by atoms with Gasteiger partial charge in [-0.2, -0.15) is 0 Å². The molecule has 1 heterocycles. The number of Topliss-reactive ketones (excluding diaryl/α,β-unsaturated/α-hetero) is 1. The largest absolute Gasteiger partial charge is 0.359 e. The van der Waals surface area contributed by atoms with Gasteiger partial charge in [0.1, 0.15) is 0 Å². The number of hydrogen-bond donors (Lipinski definition) is 1. The van der Waals surface area contributed by atoms with Crippen molar-refractivity contribution in [1.82, 2.24) is 10.2 Å². The van der Waals surface area contributed by atoms with Crippen molar-refractivity contribution in [2.75, 3.05) is 26.7 Å². The van der Waals surface area contributed by atoms with Crippen LogP contribution in [0.3, 0.4) is 0 Å². The molecule has 2 rings (SSSR count). The van der Waals surface area contributed by atoms with E-state index in [9.17, 15) is 9.59 Å². The number of nitrogens with one attached hydrogen (secondary N) is 1. The van der Waals surface area contributed by atoms with Gasteiger partial charge in [-0.3, -0.25) is 14.5 Å². The Bertz CT molecular complexity index is 540. The van der Waals surface area contributed by atoms with Crippen LogP contribution in [0.25, 0.3) is 0 Å². The fraction of sp³-hybridized carbons (Fsp3) is 0.467. The lowest BCUT2D eigenvalue weighted by molar-refractivity contribution is -0.125. The first kappa shape index (κ1) is 16.3. The summed E-state index contributed by atoms with van der Waals surface area (Å²) in [6.07, 6.45) is 1.55. The summed E-state index contributed by atoms with van der Waals surface area (Å²) in [6.45, 7) is 1.78. The van der Waals surface area contributed by atoms with E-state index in [0.717, 1.165) is 25.9 Å². The number of rotatable bonds is 4. The number of ketones is 1. The first-order chi connectivity index (χ1) is 10.0. The summed E-state index contributed by atoms with van der Waals surface area (Å²) >= 11 is 11.9. The van der Waals surface area contributed by atoms with Crippen LogP contribution in [0.2, 0.25) is 10.0 Å². The van der Waals surface area contributed by atoms with Crippen molar-refractivity contribution in [2.24, 2.45) is 5.92 Å². The Kier molecular flexibility index (Phi) is 5.62. The predicted molar refractivity (Wildman–Crippen MR) is 84.0 cm³/mol. The first-order valence-corrected chi connectivity index (χ1v) is 7.69. The van der Waals surface area contributed by atoms with Crippen LogP contribution in [-0.2, 0) is 4.79 Å². The SMILES string of the molecule is CNC(=O)C1CCN(CC(=O)c2cc(Cl)ccc2Cl)CC1. The van der Waals surface area contributed by atoms with E-state index in [-0.39, 0.29) is 17.6 Å². The minimum absolute atomic E-state index is 0.0408. The molecule has 21 heavy (non-hydrogen) atoms. The summed E-state index contributed by atoms with van der Waals surface area (Å²) in [5, 5.41) is 3.60. The summed E-state index contributed by atoms with van der Waals surface area (Å²) in [5.41, 5.74) is 0.456. The zero-order chi connectivity index (χ0) is 15.4. The maximum Gasteiger partial charge on any atom is 0.222 e. The molecule has 0 spiro atoms. The van der Waals surface area contributed by atoms with Crippen LogP contribution < -0.4 is 5.32 Å². The summed E-state index contributed by atoms with van der Waals surface area (Å²) in [6, 6.07) is 4.90. The standard InChI is InChI=1S/C15H18Cl2N2O2/c1-18-15(21)10-4-6-19(7-5-10)9-14(20)12-8-11(16)2-3-13(12)17/h2-3,8,10H,4-7,9H2,1H3,(H,18,21). The third-order valence-corrected chi connectivity index (χ3v) is 4.37. The molecule has 0 bridgehead atoms. The Morgan fingerprint density at radius 3 is 2.57 bits per heavy atom. The second-order valence-corrected chi connectivity index (χ2v) is 6.06. The van der Waals surface area contributed by atoms with Gasteiger partial charge < -0.3 is 5.32 Å². The number of benzene rings is 1. The van der Waals surface area contributed by atoms with Crippen LogP contribution in [0.5, 0.6) is 0 Å². The first-order valence-electron chi connectivity index (χ1n) is 6.93. The molecule has 4 nitrogen and oxygen atoms in total. The smallest absolute Gasteiger partial charge is 0.222 e. The zero-order valence-electron chi connectivity index (χ0n) is 11.9. The molecule has 0 atom stereocenters. The number of carbonyl (C=O) groups excluding carboxylic acids is 2. The Labute approximate surface area is 134 Å². The summed E-state index contributed by atoms with van der Waals surface area (Å²) < 4.78 is 0. The molecule has 1 amide bonds. The molecule has 0 saturated carbocycles. The molecule has 114 valence electrons. The Hall–Kier alpha value is -1.10. The highest BCUT2D eigenvalue weighted by Crippen LogP contribution is 2.22. The van der Waals surface area contributed by atoms with Crippen LogP contribution in [0.4, 0.5) is 0 Å². The highest BCUT2D eigenvalue weighted by Gasteiger charge is 2.25. The predicted octanol–water partition coefficient (Wildman–Crippen LogP) is 2.63. The van der Waals surface area contributed by atoms with E-state index in [0.29, 0.717) is 22.2 Å².